The van der Waals surface area contributed by atoms with Crippen molar-refractivity contribution in [3.63, 3.8) is 0 Å². The van der Waals surface area contributed by atoms with Gasteiger partial charge in [0.1, 0.15) is 0 Å². The van der Waals surface area contributed by atoms with E-state index in [1.54, 1.807) is 29.2 Å². The van der Waals surface area contributed by atoms with Crippen LogP contribution in [0.15, 0.2) is 30.5 Å². The standard InChI is InChI=1S/C29H38F3N5O3/c1-36-16-14-22(15-17-36)37(2)26(38)20-10-12-21(13-11-20)34-28-33-18-24(29(30,31)32)25(35-28)9-5-7-19-6-3-4-8-23(19)27(39)40/h10-13,18-19,22-23H,3-9,14-17H2,1-2H3,(H,39,40)(H,33,34,35)/t19-,23-/m0/s1. The molecule has 1 amide bonds. The number of carbonyl (C=O) groups excluding carboxylic acids is 1. The molecule has 2 aromatic rings. The van der Waals surface area contributed by atoms with Gasteiger partial charge in [-0.1, -0.05) is 12.8 Å². The topological polar surface area (TPSA) is 98.7 Å². The molecule has 40 heavy (non-hydrogen) atoms. The minimum Gasteiger partial charge on any atom is -0.481 e. The molecule has 2 aliphatic rings. The molecule has 1 saturated carbocycles. The molecule has 1 aromatic heterocycles. The third kappa shape index (κ3) is 7.50. The van der Waals surface area contributed by atoms with Crippen LogP contribution in [-0.4, -0.2) is 70.0 Å². The first kappa shape index (κ1) is 29.8. The first-order valence-electron chi connectivity index (χ1n) is 14.0. The third-order valence-electron chi connectivity index (χ3n) is 8.33. The van der Waals surface area contributed by atoms with Gasteiger partial charge in [0.05, 0.1) is 17.2 Å². The van der Waals surface area contributed by atoms with Gasteiger partial charge in [0.2, 0.25) is 5.95 Å². The fourth-order valence-corrected chi connectivity index (χ4v) is 5.89. The number of aromatic nitrogens is 2. The number of carbonyl (C=O) groups is 2. The summed E-state index contributed by atoms with van der Waals surface area (Å²) >= 11 is 0. The Bertz CT molecular complexity index is 1170. The lowest BCUT2D eigenvalue weighted by molar-refractivity contribution is -0.145. The van der Waals surface area contributed by atoms with Crippen LogP contribution in [0.4, 0.5) is 24.8 Å². The van der Waals surface area contributed by atoms with Crippen molar-refractivity contribution in [3.05, 3.63) is 47.3 Å². The highest BCUT2D eigenvalue weighted by Crippen LogP contribution is 2.35. The van der Waals surface area contributed by atoms with Gasteiger partial charge in [0, 0.05) is 30.5 Å². The van der Waals surface area contributed by atoms with Crippen molar-refractivity contribution in [3.8, 4) is 0 Å². The maximum absolute atomic E-state index is 13.7. The number of carboxylic acids is 1. The Balaban J connectivity index is 1.41. The first-order chi connectivity index (χ1) is 19.0. The maximum Gasteiger partial charge on any atom is 0.419 e. The Morgan fingerprint density at radius 1 is 1.10 bits per heavy atom. The number of alkyl halides is 3. The zero-order valence-corrected chi connectivity index (χ0v) is 23.1. The lowest BCUT2D eigenvalue weighted by Gasteiger charge is -2.35. The minimum absolute atomic E-state index is 0.0280. The van der Waals surface area contributed by atoms with Crippen molar-refractivity contribution in [2.45, 2.75) is 70.0 Å². The molecular formula is C29H38F3N5O3. The number of halogens is 3. The van der Waals surface area contributed by atoms with Gasteiger partial charge in [-0.05, 0) is 95.3 Å². The second-order valence-electron chi connectivity index (χ2n) is 11.1. The maximum atomic E-state index is 13.7. The molecule has 0 bridgehead atoms. The SMILES string of the molecule is CN1CCC(N(C)C(=O)c2ccc(Nc3ncc(C(F)(F)F)c(CCC[C@@H]4CCCC[C@@H]4C(=O)O)n3)cc2)CC1. The summed E-state index contributed by atoms with van der Waals surface area (Å²) in [4.78, 5) is 36.7. The summed E-state index contributed by atoms with van der Waals surface area (Å²) in [5.74, 6) is -1.32. The summed E-state index contributed by atoms with van der Waals surface area (Å²) in [6.07, 6.45) is 2.30. The van der Waals surface area contributed by atoms with E-state index in [-0.39, 0.29) is 35.9 Å². The first-order valence-corrected chi connectivity index (χ1v) is 14.0. The van der Waals surface area contributed by atoms with Crippen molar-refractivity contribution in [1.82, 2.24) is 19.8 Å². The number of aliphatic carboxylic acids is 1. The van der Waals surface area contributed by atoms with E-state index < -0.39 is 23.6 Å². The van der Waals surface area contributed by atoms with Crippen LogP contribution in [-0.2, 0) is 17.4 Å². The van der Waals surface area contributed by atoms with Gasteiger partial charge < -0.3 is 20.2 Å². The Hall–Kier alpha value is -3.21. The molecule has 8 nitrogen and oxygen atoms in total. The van der Waals surface area contributed by atoms with Crippen molar-refractivity contribution in [1.29, 1.82) is 0 Å². The Morgan fingerprint density at radius 3 is 2.42 bits per heavy atom. The molecule has 218 valence electrons. The lowest BCUT2D eigenvalue weighted by atomic mass is 9.76. The molecule has 2 heterocycles. The van der Waals surface area contributed by atoms with Gasteiger partial charge in [-0.15, -0.1) is 0 Å². The average molecular weight is 562 g/mol. The second kappa shape index (κ2) is 13.0. The Morgan fingerprint density at radius 2 is 1.77 bits per heavy atom. The summed E-state index contributed by atoms with van der Waals surface area (Å²) in [5.41, 5.74) is 0.0905. The van der Waals surface area contributed by atoms with Gasteiger partial charge in [-0.2, -0.15) is 13.2 Å². The second-order valence-corrected chi connectivity index (χ2v) is 11.1. The minimum atomic E-state index is -4.59. The highest BCUT2D eigenvalue weighted by atomic mass is 19.4. The number of carboxylic acid groups (broad SMARTS) is 1. The van der Waals surface area contributed by atoms with Crippen LogP contribution >= 0.6 is 0 Å². The lowest BCUT2D eigenvalue weighted by Crippen LogP contribution is -2.44. The fourth-order valence-electron chi connectivity index (χ4n) is 5.89. The number of benzene rings is 1. The number of piperidine rings is 1. The average Bonchev–Trinajstić information content (AvgIpc) is 2.93. The molecule has 4 rings (SSSR count). The highest BCUT2D eigenvalue weighted by Gasteiger charge is 2.35. The van der Waals surface area contributed by atoms with Crippen molar-refractivity contribution in [2.24, 2.45) is 11.8 Å². The van der Waals surface area contributed by atoms with Crippen LogP contribution in [0.3, 0.4) is 0 Å². The van der Waals surface area contributed by atoms with Crippen molar-refractivity contribution < 1.29 is 27.9 Å². The Kier molecular flexibility index (Phi) is 9.65. The van der Waals surface area contributed by atoms with Crippen molar-refractivity contribution in [2.75, 3.05) is 32.5 Å². The summed E-state index contributed by atoms with van der Waals surface area (Å²) in [6.45, 7) is 1.90. The smallest absolute Gasteiger partial charge is 0.419 e. The van der Waals surface area contributed by atoms with E-state index in [0.717, 1.165) is 51.4 Å². The number of likely N-dealkylation sites (tertiary alicyclic amines) is 1. The number of anilines is 2. The van der Waals surface area contributed by atoms with Crippen LogP contribution in [0.2, 0.25) is 0 Å². The fraction of sp³-hybridized carbons (Fsp3) is 0.586. The van der Waals surface area contributed by atoms with Gasteiger partial charge in [-0.3, -0.25) is 9.59 Å². The summed E-state index contributed by atoms with van der Waals surface area (Å²) < 4.78 is 41.0. The highest BCUT2D eigenvalue weighted by molar-refractivity contribution is 5.94. The van der Waals surface area contributed by atoms with E-state index >= 15 is 0 Å². The van der Waals surface area contributed by atoms with Crippen LogP contribution in [0.5, 0.6) is 0 Å². The van der Waals surface area contributed by atoms with Crippen molar-refractivity contribution >= 4 is 23.5 Å². The summed E-state index contributed by atoms with van der Waals surface area (Å²) in [6, 6.07) is 6.93. The van der Waals surface area contributed by atoms with Gasteiger partial charge in [-0.25, -0.2) is 9.97 Å². The van der Waals surface area contributed by atoms with E-state index in [2.05, 4.69) is 27.2 Å². The third-order valence-corrected chi connectivity index (χ3v) is 8.33. The van der Waals surface area contributed by atoms with Gasteiger partial charge in [0.25, 0.3) is 5.91 Å². The molecule has 0 radical (unpaired) electrons. The number of hydrogen-bond donors (Lipinski definition) is 2. The number of rotatable bonds is 9. The zero-order valence-electron chi connectivity index (χ0n) is 23.1. The molecule has 1 saturated heterocycles. The zero-order chi connectivity index (χ0) is 28.9. The van der Waals surface area contributed by atoms with E-state index in [0.29, 0.717) is 30.5 Å². The quantitative estimate of drug-likeness (QED) is 0.410. The monoisotopic (exact) mass is 561 g/mol. The van der Waals surface area contributed by atoms with Crippen LogP contribution < -0.4 is 5.32 Å². The van der Waals surface area contributed by atoms with E-state index in [4.69, 9.17) is 0 Å². The molecule has 11 heteroatoms. The largest absolute Gasteiger partial charge is 0.481 e. The van der Waals surface area contributed by atoms with Gasteiger partial charge >= 0.3 is 12.1 Å². The molecule has 0 spiro atoms. The molecule has 2 fully saturated rings. The van der Waals surface area contributed by atoms with Crippen LogP contribution in [0.25, 0.3) is 0 Å². The molecule has 2 atom stereocenters. The van der Waals surface area contributed by atoms with Crippen LogP contribution in [0, 0.1) is 11.8 Å². The molecule has 1 aliphatic carbocycles. The molecule has 2 N–H and O–H groups in total. The predicted octanol–water partition coefficient (Wildman–Crippen LogP) is 5.62. The molecular weight excluding hydrogens is 523 g/mol. The van der Waals surface area contributed by atoms with E-state index in [1.165, 1.54) is 0 Å². The molecule has 1 aromatic carbocycles. The Labute approximate surface area is 233 Å². The molecule has 1 aliphatic heterocycles. The summed E-state index contributed by atoms with van der Waals surface area (Å²) in [5, 5.41) is 12.4. The summed E-state index contributed by atoms with van der Waals surface area (Å²) in [7, 11) is 3.89. The van der Waals surface area contributed by atoms with Gasteiger partial charge in [0.15, 0.2) is 0 Å². The number of aryl methyl sites for hydroxylation is 1. The number of amides is 1. The van der Waals surface area contributed by atoms with E-state index in [1.807, 2.05) is 7.05 Å². The van der Waals surface area contributed by atoms with E-state index in [9.17, 15) is 27.9 Å². The number of nitrogens with zero attached hydrogens (tertiary/aromatic N) is 4. The number of nitrogens with one attached hydrogen (secondary N) is 1. The van der Waals surface area contributed by atoms with Crippen LogP contribution in [0.1, 0.15) is 73.0 Å². The molecule has 0 unspecified atom stereocenters. The number of hydrogen-bond acceptors (Lipinski definition) is 6. The predicted molar refractivity (Wildman–Crippen MR) is 145 cm³/mol. The normalized spacial score (nSPS) is 20.7.